The van der Waals surface area contributed by atoms with Gasteiger partial charge in [0.25, 0.3) is 0 Å². The van der Waals surface area contributed by atoms with Crippen LogP contribution in [0.5, 0.6) is 5.75 Å². The molecule has 0 saturated carbocycles. The van der Waals surface area contributed by atoms with Crippen molar-refractivity contribution in [1.29, 1.82) is 0 Å². The molecule has 0 saturated heterocycles. The zero-order valence-corrected chi connectivity index (χ0v) is 14.8. The third kappa shape index (κ3) is 3.72. The molecule has 0 N–H and O–H groups in total. The first-order valence-electron chi connectivity index (χ1n) is 8.63. The molecule has 27 heavy (non-hydrogen) atoms. The third-order valence-electron chi connectivity index (χ3n) is 4.12. The summed E-state index contributed by atoms with van der Waals surface area (Å²) in [4.78, 5) is 3.99. The topological polar surface area (TPSA) is 57.8 Å². The summed E-state index contributed by atoms with van der Waals surface area (Å²) in [5, 5.41) is 8.91. The summed E-state index contributed by atoms with van der Waals surface area (Å²) in [5.74, 6) is 0.539. The molecule has 0 aliphatic carbocycles. The minimum atomic E-state index is -0.277. The Morgan fingerprint density at radius 3 is 2.48 bits per heavy atom. The van der Waals surface area contributed by atoms with Gasteiger partial charge in [-0.15, -0.1) is 0 Å². The molecular formula is C20H18FN5O. The van der Waals surface area contributed by atoms with E-state index in [4.69, 9.17) is 9.84 Å². The molecule has 0 radical (unpaired) electrons. The summed E-state index contributed by atoms with van der Waals surface area (Å²) in [5.41, 5.74) is 3.56. The predicted molar refractivity (Wildman–Crippen MR) is 99.3 cm³/mol. The number of halogens is 1. The van der Waals surface area contributed by atoms with Crippen molar-refractivity contribution in [3.8, 4) is 22.7 Å². The second kappa shape index (κ2) is 7.41. The number of hydrogen-bond acceptors (Lipinski definition) is 4. The molecule has 6 nitrogen and oxygen atoms in total. The quantitative estimate of drug-likeness (QED) is 0.524. The molecule has 2 aromatic heterocycles. The van der Waals surface area contributed by atoms with Crippen LogP contribution >= 0.6 is 0 Å². The van der Waals surface area contributed by atoms with E-state index in [9.17, 15) is 4.39 Å². The minimum Gasteiger partial charge on any atom is -0.494 e. The van der Waals surface area contributed by atoms with Crippen LogP contribution in [-0.2, 0) is 6.54 Å². The second-order valence-corrected chi connectivity index (χ2v) is 5.97. The molecule has 0 amide bonds. The maximum Gasteiger partial charge on any atom is 0.137 e. The van der Waals surface area contributed by atoms with Gasteiger partial charge in [0.1, 0.15) is 24.2 Å². The smallest absolute Gasteiger partial charge is 0.137 e. The molecule has 2 heterocycles. The van der Waals surface area contributed by atoms with E-state index in [-0.39, 0.29) is 5.82 Å². The summed E-state index contributed by atoms with van der Waals surface area (Å²) in [6, 6.07) is 14.0. The molecule has 4 aromatic rings. The normalized spacial score (nSPS) is 10.9. The summed E-state index contributed by atoms with van der Waals surface area (Å²) < 4.78 is 22.2. The molecule has 7 heteroatoms. The van der Waals surface area contributed by atoms with Crippen LogP contribution in [0.1, 0.15) is 12.5 Å². The van der Waals surface area contributed by atoms with E-state index in [2.05, 4.69) is 10.1 Å². The van der Waals surface area contributed by atoms with E-state index in [0.717, 1.165) is 28.3 Å². The van der Waals surface area contributed by atoms with Crippen molar-refractivity contribution < 1.29 is 9.13 Å². The van der Waals surface area contributed by atoms with Crippen LogP contribution in [0.15, 0.2) is 67.4 Å². The Morgan fingerprint density at radius 2 is 1.81 bits per heavy atom. The van der Waals surface area contributed by atoms with Gasteiger partial charge in [0.05, 0.1) is 24.5 Å². The average Bonchev–Trinajstić information content (AvgIpc) is 3.34. The number of nitrogens with zero attached hydrogens (tertiary/aromatic N) is 5. The van der Waals surface area contributed by atoms with Gasteiger partial charge in [-0.3, -0.25) is 0 Å². The third-order valence-corrected chi connectivity index (χ3v) is 4.12. The lowest BCUT2D eigenvalue weighted by atomic mass is 10.1. The Bertz CT molecular complexity index is 1010. The van der Waals surface area contributed by atoms with Crippen molar-refractivity contribution in [2.45, 2.75) is 13.5 Å². The van der Waals surface area contributed by atoms with Crippen LogP contribution in [0.25, 0.3) is 16.9 Å². The molecule has 0 fully saturated rings. The molecule has 0 atom stereocenters. The molecule has 0 spiro atoms. The van der Waals surface area contributed by atoms with Gasteiger partial charge in [-0.25, -0.2) is 18.7 Å². The Balaban J connectivity index is 1.74. The summed E-state index contributed by atoms with van der Waals surface area (Å²) >= 11 is 0. The van der Waals surface area contributed by atoms with Gasteiger partial charge in [0, 0.05) is 17.3 Å². The van der Waals surface area contributed by atoms with Crippen molar-refractivity contribution in [3.05, 3.63) is 78.8 Å². The maximum absolute atomic E-state index is 13.2. The van der Waals surface area contributed by atoms with E-state index in [1.807, 2.05) is 37.4 Å². The summed E-state index contributed by atoms with van der Waals surface area (Å²) in [6.45, 7) is 3.11. The Kier molecular flexibility index (Phi) is 4.65. The van der Waals surface area contributed by atoms with Gasteiger partial charge >= 0.3 is 0 Å². The Hall–Kier alpha value is -3.48. The Labute approximate surface area is 155 Å². The van der Waals surface area contributed by atoms with Crippen LogP contribution in [0.2, 0.25) is 0 Å². The molecule has 0 unspecified atom stereocenters. The zero-order valence-electron chi connectivity index (χ0n) is 14.8. The zero-order chi connectivity index (χ0) is 18.6. The van der Waals surface area contributed by atoms with Crippen molar-refractivity contribution >= 4 is 0 Å². The number of aromatic nitrogens is 5. The van der Waals surface area contributed by atoms with Crippen LogP contribution in [0.4, 0.5) is 4.39 Å². The standard InChI is InChI=1S/C20H18FN5O/c1-2-27-19-9-3-15(4-10-19)20-16(11-25-14-22-13-23-25)12-26(24-20)18-7-5-17(21)6-8-18/h3-10,12-14H,2,11H2,1H3. The lowest BCUT2D eigenvalue weighted by Crippen LogP contribution is -2.00. The van der Waals surface area contributed by atoms with Crippen molar-refractivity contribution in [2.75, 3.05) is 6.61 Å². The van der Waals surface area contributed by atoms with Gasteiger partial charge in [-0.05, 0) is 55.5 Å². The largest absolute Gasteiger partial charge is 0.494 e. The monoisotopic (exact) mass is 363 g/mol. The lowest BCUT2D eigenvalue weighted by Gasteiger charge is -2.05. The number of hydrogen-bond donors (Lipinski definition) is 0. The summed E-state index contributed by atoms with van der Waals surface area (Å²) in [6.07, 6.45) is 5.10. The lowest BCUT2D eigenvalue weighted by molar-refractivity contribution is 0.340. The van der Waals surface area contributed by atoms with Crippen molar-refractivity contribution in [1.82, 2.24) is 24.5 Å². The second-order valence-electron chi connectivity index (χ2n) is 5.97. The number of rotatable bonds is 6. The summed E-state index contributed by atoms with van der Waals surface area (Å²) in [7, 11) is 0. The van der Waals surface area contributed by atoms with Gasteiger partial charge in [0.2, 0.25) is 0 Å². The van der Waals surface area contributed by atoms with E-state index < -0.39 is 0 Å². The maximum atomic E-state index is 13.2. The average molecular weight is 363 g/mol. The first-order chi connectivity index (χ1) is 13.2. The fraction of sp³-hybridized carbons (Fsp3) is 0.150. The van der Waals surface area contributed by atoms with Crippen LogP contribution in [0, 0.1) is 5.82 Å². The molecular weight excluding hydrogens is 345 g/mol. The van der Waals surface area contributed by atoms with Crippen LogP contribution < -0.4 is 4.74 Å². The van der Waals surface area contributed by atoms with Gasteiger partial charge < -0.3 is 4.74 Å². The van der Waals surface area contributed by atoms with E-state index in [0.29, 0.717) is 13.2 Å². The predicted octanol–water partition coefficient (Wildman–Crippen LogP) is 3.72. The molecule has 0 bridgehead atoms. The van der Waals surface area contributed by atoms with E-state index >= 15 is 0 Å². The highest BCUT2D eigenvalue weighted by Gasteiger charge is 2.13. The number of ether oxygens (including phenoxy) is 1. The molecule has 2 aromatic carbocycles. The van der Waals surface area contributed by atoms with Gasteiger partial charge in [-0.2, -0.15) is 10.2 Å². The highest BCUT2D eigenvalue weighted by Crippen LogP contribution is 2.26. The fourth-order valence-corrected chi connectivity index (χ4v) is 2.86. The first-order valence-corrected chi connectivity index (χ1v) is 8.63. The fourth-order valence-electron chi connectivity index (χ4n) is 2.86. The number of benzene rings is 2. The first kappa shape index (κ1) is 17.0. The Morgan fingerprint density at radius 1 is 1.04 bits per heavy atom. The van der Waals surface area contributed by atoms with Crippen LogP contribution in [-0.4, -0.2) is 31.2 Å². The SMILES string of the molecule is CCOc1ccc(-c2nn(-c3ccc(F)cc3)cc2Cn2cncn2)cc1. The van der Waals surface area contributed by atoms with Gasteiger partial charge in [0.15, 0.2) is 0 Å². The molecule has 136 valence electrons. The molecule has 4 rings (SSSR count). The van der Waals surface area contributed by atoms with Gasteiger partial charge in [-0.1, -0.05) is 0 Å². The minimum absolute atomic E-state index is 0.277. The van der Waals surface area contributed by atoms with E-state index in [1.165, 1.54) is 18.5 Å². The van der Waals surface area contributed by atoms with Crippen molar-refractivity contribution in [3.63, 3.8) is 0 Å². The molecule has 0 aliphatic heterocycles. The highest BCUT2D eigenvalue weighted by atomic mass is 19.1. The van der Waals surface area contributed by atoms with Crippen LogP contribution in [0.3, 0.4) is 0 Å². The molecule has 0 aliphatic rings. The highest BCUT2D eigenvalue weighted by molar-refractivity contribution is 5.64. The van der Waals surface area contributed by atoms with E-state index in [1.54, 1.807) is 27.8 Å². The van der Waals surface area contributed by atoms with Crippen molar-refractivity contribution in [2.24, 2.45) is 0 Å².